The summed E-state index contributed by atoms with van der Waals surface area (Å²) < 4.78 is 0. The van der Waals surface area contributed by atoms with Gasteiger partial charge in [0.15, 0.2) is 5.96 Å². The van der Waals surface area contributed by atoms with Crippen LogP contribution in [0.15, 0.2) is 29.3 Å². The fraction of sp³-hybridized carbons (Fsp3) is 0.636. The molecule has 1 heterocycles. The van der Waals surface area contributed by atoms with Crippen molar-refractivity contribution in [1.29, 1.82) is 0 Å². The SMILES string of the molecule is CCCCCCNC(=NCc1ccc(C(=O)N2CCCCC2)cc1)NCC.I. The Bertz CT molecular complexity index is 583. The van der Waals surface area contributed by atoms with Gasteiger partial charge in [0, 0.05) is 31.7 Å². The summed E-state index contributed by atoms with van der Waals surface area (Å²) in [5, 5.41) is 6.70. The predicted molar refractivity (Wildman–Crippen MR) is 129 cm³/mol. The molecule has 1 aromatic rings. The molecule has 158 valence electrons. The van der Waals surface area contributed by atoms with Crippen LogP contribution in [0.3, 0.4) is 0 Å². The predicted octanol–water partition coefficient (Wildman–Crippen LogP) is 4.57. The molecule has 2 N–H and O–H groups in total. The average molecular weight is 500 g/mol. The van der Waals surface area contributed by atoms with E-state index in [9.17, 15) is 4.79 Å². The van der Waals surface area contributed by atoms with Crippen LogP contribution in [0.4, 0.5) is 0 Å². The van der Waals surface area contributed by atoms with Gasteiger partial charge in [-0.1, -0.05) is 38.3 Å². The van der Waals surface area contributed by atoms with Gasteiger partial charge >= 0.3 is 0 Å². The molecule has 0 atom stereocenters. The second-order valence-corrected chi connectivity index (χ2v) is 7.23. The number of aliphatic imine (C=N–C) groups is 1. The topological polar surface area (TPSA) is 56.7 Å². The Hall–Kier alpha value is -1.31. The Morgan fingerprint density at radius 2 is 1.71 bits per heavy atom. The molecule has 0 unspecified atom stereocenters. The molecule has 1 amide bonds. The highest BCUT2D eigenvalue weighted by Crippen LogP contribution is 2.14. The van der Waals surface area contributed by atoms with Gasteiger partial charge < -0.3 is 15.5 Å². The minimum atomic E-state index is 0. The number of unbranched alkanes of at least 4 members (excludes halogenated alkanes) is 3. The van der Waals surface area contributed by atoms with Crippen LogP contribution in [0.1, 0.15) is 74.7 Å². The van der Waals surface area contributed by atoms with E-state index < -0.39 is 0 Å². The van der Waals surface area contributed by atoms with E-state index in [-0.39, 0.29) is 29.9 Å². The molecule has 1 aromatic carbocycles. The molecular formula is C22H37IN4O. The second-order valence-electron chi connectivity index (χ2n) is 7.23. The molecule has 0 aliphatic carbocycles. The monoisotopic (exact) mass is 500 g/mol. The standard InChI is InChI=1S/C22H36N4O.HI/c1-3-5-6-8-15-24-22(23-4-2)25-18-19-11-13-20(14-12-19)21(27)26-16-9-7-10-17-26;/h11-14H,3-10,15-18H2,1-2H3,(H2,23,24,25);1H. The normalized spacial score (nSPS) is 14.4. The number of hydrogen-bond acceptors (Lipinski definition) is 2. The van der Waals surface area contributed by atoms with Crippen LogP contribution in [0.25, 0.3) is 0 Å². The van der Waals surface area contributed by atoms with Crippen LogP contribution >= 0.6 is 24.0 Å². The first kappa shape index (κ1) is 24.7. The lowest BCUT2D eigenvalue weighted by Gasteiger charge is -2.26. The zero-order valence-electron chi connectivity index (χ0n) is 17.5. The number of rotatable bonds is 9. The van der Waals surface area contributed by atoms with Crippen LogP contribution in [-0.2, 0) is 6.54 Å². The van der Waals surface area contributed by atoms with E-state index in [2.05, 4.69) is 29.5 Å². The van der Waals surface area contributed by atoms with E-state index in [1.807, 2.05) is 29.2 Å². The summed E-state index contributed by atoms with van der Waals surface area (Å²) in [5.41, 5.74) is 1.90. The fourth-order valence-corrected chi connectivity index (χ4v) is 3.30. The van der Waals surface area contributed by atoms with Crippen molar-refractivity contribution in [3.8, 4) is 0 Å². The molecule has 1 aliphatic rings. The minimum Gasteiger partial charge on any atom is -0.357 e. The van der Waals surface area contributed by atoms with Crippen molar-refractivity contribution in [2.75, 3.05) is 26.2 Å². The number of hydrogen-bond donors (Lipinski definition) is 2. The van der Waals surface area contributed by atoms with Crippen LogP contribution < -0.4 is 10.6 Å². The summed E-state index contributed by atoms with van der Waals surface area (Å²) in [6.45, 7) is 8.50. The van der Waals surface area contributed by atoms with Crippen molar-refractivity contribution in [3.05, 3.63) is 35.4 Å². The number of carbonyl (C=O) groups is 1. The lowest BCUT2D eigenvalue weighted by molar-refractivity contribution is 0.0724. The molecule has 1 saturated heterocycles. The van der Waals surface area contributed by atoms with Crippen molar-refractivity contribution in [2.24, 2.45) is 4.99 Å². The second kappa shape index (κ2) is 14.7. The van der Waals surface area contributed by atoms with E-state index in [4.69, 9.17) is 0 Å². The Labute approximate surface area is 187 Å². The lowest BCUT2D eigenvalue weighted by atomic mass is 10.1. The number of amides is 1. The lowest BCUT2D eigenvalue weighted by Crippen LogP contribution is -2.37. The number of carbonyl (C=O) groups excluding carboxylic acids is 1. The molecule has 1 fully saturated rings. The number of nitrogens with zero attached hydrogens (tertiary/aromatic N) is 2. The Morgan fingerprint density at radius 3 is 2.36 bits per heavy atom. The molecule has 0 aromatic heterocycles. The molecule has 1 aliphatic heterocycles. The average Bonchev–Trinajstić information content (AvgIpc) is 2.72. The Morgan fingerprint density at radius 1 is 1.00 bits per heavy atom. The van der Waals surface area contributed by atoms with Crippen LogP contribution in [0, 0.1) is 0 Å². The summed E-state index contributed by atoms with van der Waals surface area (Å²) in [6.07, 6.45) is 8.46. The molecule has 5 nitrogen and oxygen atoms in total. The number of benzene rings is 1. The van der Waals surface area contributed by atoms with Crippen LogP contribution in [0.5, 0.6) is 0 Å². The molecule has 0 saturated carbocycles. The van der Waals surface area contributed by atoms with Crippen molar-refractivity contribution >= 4 is 35.8 Å². The van der Waals surface area contributed by atoms with E-state index in [1.54, 1.807) is 0 Å². The van der Waals surface area contributed by atoms with E-state index in [0.29, 0.717) is 6.54 Å². The van der Waals surface area contributed by atoms with E-state index in [1.165, 1.54) is 32.1 Å². The Balaban J connectivity index is 0.00000392. The van der Waals surface area contributed by atoms with Gasteiger partial charge in [0.1, 0.15) is 0 Å². The Kier molecular flexibility index (Phi) is 12.9. The number of piperidine rings is 1. The minimum absolute atomic E-state index is 0. The van der Waals surface area contributed by atoms with Crippen LogP contribution in [-0.4, -0.2) is 42.9 Å². The first-order chi connectivity index (χ1) is 13.2. The maximum absolute atomic E-state index is 12.5. The molecule has 2 rings (SSSR count). The molecule has 6 heteroatoms. The smallest absolute Gasteiger partial charge is 0.253 e. The summed E-state index contributed by atoms with van der Waals surface area (Å²) in [5.74, 6) is 1.02. The first-order valence-corrected chi connectivity index (χ1v) is 10.6. The first-order valence-electron chi connectivity index (χ1n) is 10.6. The summed E-state index contributed by atoms with van der Waals surface area (Å²) >= 11 is 0. The highest BCUT2D eigenvalue weighted by Gasteiger charge is 2.17. The van der Waals surface area contributed by atoms with Crippen molar-refractivity contribution in [1.82, 2.24) is 15.5 Å². The quantitative estimate of drug-likeness (QED) is 0.226. The number of nitrogens with one attached hydrogen (secondary N) is 2. The number of likely N-dealkylation sites (tertiary alicyclic amines) is 1. The maximum Gasteiger partial charge on any atom is 0.253 e. The molecule has 28 heavy (non-hydrogen) atoms. The summed E-state index contributed by atoms with van der Waals surface area (Å²) in [7, 11) is 0. The van der Waals surface area contributed by atoms with Crippen LogP contribution in [0.2, 0.25) is 0 Å². The maximum atomic E-state index is 12.5. The van der Waals surface area contributed by atoms with Gasteiger partial charge in [-0.3, -0.25) is 4.79 Å². The number of halogens is 1. The highest BCUT2D eigenvalue weighted by molar-refractivity contribution is 14.0. The summed E-state index contributed by atoms with van der Waals surface area (Å²) in [6, 6.07) is 7.91. The molecular weight excluding hydrogens is 463 g/mol. The van der Waals surface area contributed by atoms with Crippen molar-refractivity contribution < 1.29 is 4.79 Å². The number of guanidine groups is 1. The van der Waals surface area contributed by atoms with Gasteiger partial charge in [0.05, 0.1) is 6.54 Å². The van der Waals surface area contributed by atoms with Gasteiger partial charge in [0.2, 0.25) is 0 Å². The van der Waals surface area contributed by atoms with Gasteiger partial charge in [-0.05, 0) is 50.3 Å². The van der Waals surface area contributed by atoms with Gasteiger partial charge in [-0.2, -0.15) is 0 Å². The zero-order valence-corrected chi connectivity index (χ0v) is 19.8. The van der Waals surface area contributed by atoms with Gasteiger partial charge in [-0.15, -0.1) is 24.0 Å². The van der Waals surface area contributed by atoms with Crippen molar-refractivity contribution in [3.63, 3.8) is 0 Å². The third-order valence-corrected chi connectivity index (χ3v) is 4.93. The largest absolute Gasteiger partial charge is 0.357 e. The molecule has 0 spiro atoms. The third kappa shape index (κ3) is 8.80. The van der Waals surface area contributed by atoms with E-state index >= 15 is 0 Å². The summed E-state index contributed by atoms with van der Waals surface area (Å²) in [4.78, 5) is 19.2. The van der Waals surface area contributed by atoms with Crippen molar-refractivity contribution in [2.45, 2.75) is 65.3 Å². The van der Waals surface area contributed by atoms with Gasteiger partial charge in [0.25, 0.3) is 5.91 Å². The van der Waals surface area contributed by atoms with E-state index in [0.717, 1.165) is 56.1 Å². The fourth-order valence-electron chi connectivity index (χ4n) is 3.30. The zero-order chi connectivity index (χ0) is 19.3. The molecule has 0 bridgehead atoms. The highest BCUT2D eigenvalue weighted by atomic mass is 127. The third-order valence-electron chi connectivity index (χ3n) is 4.93. The molecule has 0 radical (unpaired) electrons. The van der Waals surface area contributed by atoms with Gasteiger partial charge in [-0.25, -0.2) is 4.99 Å².